The molecule has 1 rings (SSSR count). The summed E-state index contributed by atoms with van der Waals surface area (Å²) in [4.78, 5) is -0.00292. The Bertz CT molecular complexity index is 405. The van der Waals surface area contributed by atoms with Crippen LogP contribution in [-0.4, -0.2) is 13.9 Å². The number of alkyl halides is 3. The summed E-state index contributed by atoms with van der Waals surface area (Å²) in [5.41, 5.74) is -3.99. The van der Waals surface area contributed by atoms with E-state index in [1.165, 1.54) is 24.3 Å². The molecule has 0 bridgehead atoms. The summed E-state index contributed by atoms with van der Waals surface area (Å²) >= 11 is -0.255. The molecule has 0 saturated heterocycles. The maximum Gasteiger partial charge on any atom is 0.446 e. The Labute approximate surface area is 90.4 Å². The number of thiol groups is 1. The van der Waals surface area contributed by atoms with Crippen LogP contribution in [0.1, 0.15) is 5.56 Å². The lowest BCUT2D eigenvalue weighted by molar-refractivity contribution is -0.0328. The number of rotatable bonds is 3. The highest BCUT2D eigenvalue weighted by atomic mass is 32.2. The third-order valence-electron chi connectivity index (χ3n) is 1.44. The fourth-order valence-electron chi connectivity index (χ4n) is 0.990. The third kappa shape index (κ3) is 5.08. The van der Waals surface area contributed by atoms with E-state index in [1.54, 1.807) is 0 Å². The van der Waals surface area contributed by atoms with Crippen LogP contribution in [0.4, 0.5) is 13.2 Å². The van der Waals surface area contributed by atoms with E-state index < -0.39 is 16.2 Å². The van der Waals surface area contributed by atoms with Crippen LogP contribution in [0.2, 0.25) is 0 Å². The predicted molar refractivity (Wildman–Crippen MR) is 52.4 cm³/mol. The quantitative estimate of drug-likeness (QED) is 0.666. The van der Waals surface area contributed by atoms with Crippen LogP contribution >= 0.6 is 11.8 Å². The van der Waals surface area contributed by atoms with Gasteiger partial charge in [-0.2, -0.15) is 13.2 Å². The molecule has 0 spiro atoms. The van der Waals surface area contributed by atoms with Gasteiger partial charge in [0.05, 0.1) is 5.75 Å². The van der Waals surface area contributed by atoms with E-state index in [-0.39, 0.29) is 22.4 Å². The molecule has 0 aromatic heterocycles. The molecule has 2 nitrogen and oxygen atoms in total. The molecule has 0 fully saturated rings. The zero-order chi connectivity index (χ0) is 11.5. The number of hydrogen-bond acceptors (Lipinski definition) is 3. The second kappa shape index (κ2) is 4.89. The zero-order valence-corrected chi connectivity index (χ0v) is 9.03. The second-order valence-corrected chi connectivity index (χ2v) is 4.81. The molecule has 1 aromatic carbocycles. The van der Waals surface area contributed by atoms with E-state index in [9.17, 15) is 21.6 Å². The Kier molecular flexibility index (Phi) is 4.04. The van der Waals surface area contributed by atoms with Crippen molar-refractivity contribution < 1.29 is 21.6 Å². The lowest BCUT2D eigenvalue weighted by Gasteiger charge is -2.05. The lowest BCUT2D eigenvalue weighted by atomic mass is 10.2. The van der Waals surface area contributed by atoms with Crippen LogP contribution < -0.4 is 0 Å². The van der Waals surface area contributed by atoms with Crippen LogP contribution in [0, 0.1) is 0 Å². The first kappa shape index (κ1) is 12.4. The Morgan fingerprint density at radius 1 is 1.27 bits per heavy atom. The average molecular weight is 256 g/mol. The smallest absolute Gasteiger partial charge is 0.232 e. The van der Waals surface area contributed by atoms with Crippen LogP contribution in [0.15, 0.2) is 29.2 Å². The molecule has 0 amide bonds. The largest absolute Gasteiger partial charge is 0.446 e. The zero-order valence-electron chi connectivity index (χ0n) is 7.32. The molecular weight excluding hydrogens is 249 g/mol. The fourth-order valence-corrected chi connectivity index (χ4v) is 2.11. The molecule has 0 atom stereocenters. The van der Waals surface area contributed by atoms with Crippen LogP contribution in [-0.2, 0) is 16.5 Å². The average Bonchev–Trinajstić information content (AvgIpc) is 1.99. The maximum atomic E-state index is 12.0. The summed E-state index contributed by atoms with van der Waals surface area (Å²) in [7, 11) is -2.61. The summed E-state index contributed by atoms with van der Waals surface area (Å²) in [6, 6.07) is 5.40. The number of thioether (sulfide) groups is 1. The number of benzene rings is 1. The van der Waals surface area contributed by atoms with Crippen LogP contribution in [0.3, 0.4) is 0 Å². The predicted octanol–water partition coefficient (Wildman–Crippen LogP) is 2.41. The number of hydrogen-bond donors (Lipinski definition) is 1. The van der Waals surface area contributed by atoms with Crippen molar-refractivity contribution in [1.29, 1.82) is 0 Å². The topological polar surface area (TPSA) is 34.1 Å². The highest BCUT2D eigenvalue weighted by Gasteiger charge is 2.29. The van der Waals surface area contributed by atoms with E-state index in [1.807, 2.05) is 0 Å². The summed E-state index contributed by atoms with van der Waals surface area (Å²) in [6.07, 6.45) is 0. The van der Waals surface area contributed by atoms with Gasteiger partial charge < -0.3 is 0 Å². The molecule has 0 saturated carbocycles. The van der Waals surface area contributed by atoms with Gasteiger partial charge in [0.25, 0.3) is 0 Å². The molecule has 0 N–H and O–H groups in total. The van der Waals surface area contributed by atoms with Crippen molar-refractivity contribution >= 4 is 22.5 Å². The van der Waals surface area contributed by atoms with Crippen molar-refractivity contribution in [1.82, 2.24) is 0 Å². The summed E-state index contributed by atoms with van der Waals surface area (Å²) < 4.78 is 56.7. The van der Waals surface area contributed by atoms with E-state index in [0.717, 1.165) is 0 Å². The van der Waals surface area contributed by atoms with E-state index in [0.29, 0.717) is 5.56 Å². The van der Waals surface area contributed by atoms with Gasteiger partial charge >= 0.3 is 5.51 Å². The molecular formula is C8H7F3O2S2. The third-order valence-corrected chi connectivity index (χ3v) is 2.79. The van der Waals surface area contributed by atoms with Gasteiger partial charge in [-0.3, -0.25) is 0 Å². The summed E-state index contributed by atoms with van der Waals surface area (Å²) in [5.74, 6) is -0.235. The van der Waals surface area contributed by atoms with Gasteiger partial charge in [-0.1, -0.05) is 12.1 Å². The van der Waals surface area contributed by atoms with Gasteiger partial charge in [0.15, 0.2) is 0 Å². The molecule has 7 heteroatoms. The molecule has 0 aliphatic carbocycles. The highest BCUT2D eigenvalue weighted by molar-refractivity contribution is 8.00. The lowest BCUT2D eigenvalue weighted by Crippen LogP contribution is -1.99. The van der Waals surface area contributed by atoms with E-state index in [2.05, 4.69) is 0 Å². The highest BCUT2D eigenvalue weighted by Crippen LogP contribution is 2.36. The normalized spacial score (nSPS) is 12.0. The molecule has 84 valence electrons. The Morgan fingerprint density at radius 3 is 2.47 bits per heavy atom. The van der Waals surface area contributed by atoms with Crippen molar-refractivity contribution in [2.75, 3.05) is 0 Å². The van der Waals surface area contributed by atoms with Crippen molar-refractivity contribution in [3.05, 3.63) is 29.8 Å². The Morgan fingerprint density at radius 2 is 1.93 bits per heavy atom. The molecule has 0 heterocycles. The Balaban J connectivity index is 2.83. The monoisotopic (exact) mass is 256 g/mol. The molecule has 1 aromatic rings. The van der Waals surface area contributed by atoms with Crippen molar-refractivity contribution in [3.8, 4) is 0 Å². The minimum Gasteiger partial charge on any atom is -0.232 e. The van der Waals surface area contributed by atoms with Gasteiger partial charge in [0.2, 0.25) is 0 Å². The molecule has 0 unspecified atom stereocenters. The molecule has 0 aliphatic heterocycles. The standard InChI is InChI=1S/C8H7F3O2S2/c9-8(10,11)14-7-3-1-2-6(4-7)5-15(12)13/h1-4,15H,5H2. The molecule has 0 radical (unpaired) electrons. The van der Waals surface area contributed by atoms with Crippen LogP contribution in [0.25, 0.3) is 0 Å². The van der Waals surface area contributed by atoms with Crippen molar-refractivity contribution in [3.63, 3.8) is 0 Å². The van der Waals surface area contributed by atoms with Crippen molar-refractivity contribution in [2.45, 2.75) is 16.2 Å². The van der Waals surface area contributed by atoms with Gasteiger partial charge in [-0.05, 0) is 29.5 Å². The maximum absolute atomic E-state index is 12.0. The van der Waals surface area contributed by atoms with Gasteiger partial charge in [-0.25, -0.2) is 8.42 Å². The van der Waals surface area contributed by atoms with Gasteiger partial charge in [0.1, 0.15) is 10.7 Å². The summed E-state index contributed by atoms with van der Waals surface area (Å²) in [5, 5.41) is 0. The Hall–Kier alpha value is -0.690. The second-order valence-electron chi connectivity index (χ2n) is 2.69. The fraction of sp³-hybridized carbons (Fsp3) is 0.250. The molecule has 15 heavy (non-hydrogen) atoms. The molecule has 0 aliphatic rings. The van der Waals surface area contributed by atoms with E-state index in [4.69, 9.17) is 0 Å². The van der Waals surface area contributed by atoms with Gasteiger partial charge in [-0.15, -0.1) is 0 Å². The first-order valence-electron chi connectivity index (χ1n) is 3.83. The van der Waals surface area contributed by atoms with Crippen molar-refractivity contribution in [2.24, 2.45) is 0 Å². The first-order chi connectivity index (χ1) is 6.87. The summed E-state index contributed by atoms with van der Waals surface area (Å²) in [6.45, 7) is 0. The van der Waals surface area contributed by atoms with E-state index >= 15 is 0 Å². The number of halogens is 3. The minimum atomic E-state index is -4.35. The minimum absolute atomic E-state index is 0.00292. The SMILES string of the molecule is O=[SH](=O)Cc1cccc(SC(F)(F)F)c1. The van der Waals surface area contributed by atoms with Crippen LogP contribution in [0.5, 0.6) is 0 Å². The van der Waals surface area contributed by atoms with Gasteiger partial charge in [0, 0.05) is 4.90 Å². The first-order valence-corrected chi connectivity index (χ1v) is 6.01.